The van der Waals surface area contributed by atoms with Crippen LogP contribution in [0.4, 0.5) is 5.69 Å². The van der Waals surface area contributed by atoms with Crippen molar-refractivity contribution in [2.75, 3.05) is 19.1 Å². The van der Waals surface area contributed by atoms with Gasteiger partial charge in [-0.15, -0.1) is 0 Å². The van der Waals surface area contributed by atoms with Crippen LogP contribution in [-0.4, -0.2) is 36.0 Å². The molecule has 0 saturated heterocycles. The van der Waals surface area contributed by atoms with Crippen molar-refractivity contribution < 1.29 is 14.3 Å². The lowest BCUT2D eigenvalue weighted by molar-refractivity contribution is -0.118. The van der Waals surface area contributed by atoms with Crippen molar-refractivity contribution in [3.8, 4) is 11.4 Å². The zero-order valence-corrected chi connectivity index (χ0v) is 21.2. The summed E-state index contributed by atoms with van der Waals surface area (Å²) in [7, 11) is 3.04. The van der Waals surface area contributed by atoms with Gasteiger partial charge in [-0.1, -0.05) is 48.0 Å². The largest absolute Gasteiger partial charge is 0.465 e. The van der Waals surface area contributed by atoms with Crippen molar-refractivity contribution in [2.45, 2.75) is 26.2 Å². The molecule has 6 nitrogen and oxygen atoms in total. The number of carbonyl (C=O) groups is 2. The van der Waals surface area contributed by atoms with Crippen molar-refractivity contribution in [1.29, 1.82) is 0 Å². The summed E-state index contributed by atoms with van der Waals surface area (Å²) in [6.07, 6.45) is 1.71. The number of aromatic amines is 1. The zero-order chi connectivity index (χ0) is 25.9. The summed E-state index contributed by atoms with van der Waals surface area (Å²) in [5, 5.41) is 2.25. The second-order valence-electron chi connectivity index (χ2n) is 9.23. The number of carbonyl (C=O) groups excluding carboxylic acids is 2. The number of nitrogens with one attached hydrogen (secondary N) is 1. The van der Waals surface area contributed by atoms with E-state index in [4.69, 9.17) is 9.72 Å². The van der Waals surface area contributed by atoms with Gasteiger partial charge in [0.1, 0.15) is 0 Å². The Morgan fingerprint density at radius 3 is 2.59 bits per heavy atom. The van der Waals surface area contributed by atoms with Gasteiger partial charge in [0.15, 0.2) is 0 Å². The number of amides is 1. The number of aromatic nitrogens is 2. The Labute approximate surface area is 215 Å². The molecule has 0 bridgehead atoms. The number of benzene rings is 3. The highest BCUT2D eigenvalue weighted by molar-refractivity contribution is 6.02. The SMILES string of the molecule is COC(=O)c1ccccc1N(C)C(=O)CCCc1c(-c2ccc3ccccc3n2)[nH]c2ccc(C)cc12. The van der Waals surface area contributed by atoms with E-state index in [2.05, 4.69) is 42.2 Å². The van der Waals surface area contributed by atoms with E-state index < -0.39 is 5.97 Å². The molecule has 5 aromatic rings. The number of aryl methyl sites for hydroxylation is 2. The first-order valence-corrected chi connectivity index (χ1v) is 12.4. The van der Waals surface area contributed by atoms with Gasteiger partial charge in [-0.05, 0) is 61.7 Å². The van der Waals surface area contributed by atoms with Crippen LogP contribution in [0.5, 0.6) is 0 Å². The van der Waals surface area contributed by atoms with Crippen molar-refractivity contribution in [1.82, 2.24) is 9.97 Å². The Morgan fingerprint density at radius 1 is 0.973 bits per heavy atom. The number of esters is 1. The highest BCUT2D eigenvalue weighted by atomic mass is 16.5. The smallest absolute Gasteiger partial charge is 0.339 e. The monoisotopic (exact) mass is 491 g/mol. The van der Waals surface area contributed by atoms with Crippen molar-refractivity contribution in [3.63, 3.8) is 0 Å². The van der Waals surface area contributed by atoms with Gasteiger partial charge >= 0.3 is 5.97 Å². The lowest BCUT2D eigenvalue weighted by atomic mass is 10.0. The van der Waals surface area contributed by atoms with Crippen LogP contribution < -0.4 is 4.90 Å². The number of para-hydroxylation sites is 2. The van der Waals surface area contributed by atoms with Gasteiger partial charge in [0.25, 0.3) is 0 Å². The normalized spacial score (nSPS) is 11.1. The summed E-state index contributed by atoms with van der Waals surface area (Å²) < 4.78 is 4.88. The molecule has 0 radical (unpaired) electrons. The fraction of sp³-hybridized carbons (Fsp3) is 0.194. The molecule has 2 heterocycles. The molecule has 2 aromatic heterocycles. The molecule has 0 fully saturated rings. The first kappa shape index (κ1) is 24.3. The standard InChI is InChI=1S/C31H29N3O3/c1-20-15-17-26-24(19-20)22(30(33-26)27-18-16-21-9-4-6-12-25(21)32-27)11-8-14-29(35)34(2)28-13-7-5-10-23(28)31(36)37-3/h4-7,9-10,12-13,15-19,33H,8,11,14H2,1-3H3. The van der Waals surface area contributed by atoms with Gasteiger partial charge in [0.2, 0.25) is 5.91 Å². The molecule has 37 heavy (non-hydrogen) atoms. The van der Waals surface area contributed by atoms with E-state index in [0.717, 1.165) is 38.8 Å². The molecule has 186 valence electrons. The maximum Gasteiger partial charge on any atom is 0.339 e. The molecule has 0 spiro atoms. The number of anilines is 1. The number of pyridine rings is 1. The van der Waals surface area contributed by atoms with Gasteiger partial charge in [-0.2, -0.15) is 0 Å². The Morgan fingerprint density at radius 2 is 1.76 bits per heavy atom. The summed E-state index contributed by atoms with van der Waals surface area (Å²) in [5.74, 6) is -0.519. The number of fused-ring (bicyclic) bond motifs is 2. The van der Waals surface area contributed by atoms with Gasteiger partial charge < -0.3 is 14.6 Å². The highest BCUT2D eigenvalue weighted by Gasteiger charge is 2.20. The van der Waals surface area contributed by atoms with Gasteiger partial charge in [-0.25, -0.2) is 9.78 Å². The first-order chi connectivity index (χ1) is 18.0. The predicted octanol–water partition coefficient (Wildman–Crippen LogP) is 6.46. The summed E-state index contributed by atoms with van der Waals surface area (Å²) in [5.41, 5.74) is 7.14. The van der Waals surface area contributed by atoms with Gasteiger partial charge in [-0.3, -0.25) is 4.79 Å². The summed E-state index contributed by atoms with van der Waals surface area (Å²) in [6.45, 7) is 2.08. The summed E-state index contributed by atoms with van der Waals surface area (Å²) in [4.78, 5) is 35.3. The minimum atomic E-state index is -0.461. The molecule has 6 heteroatoms. The summed E-state index contributed by atoms with van der Waals surface area (Å²) in [6, 6.07) is 25.6. The van der Waals surface area contributed by atoms with Crippen LogP contribution in [0.2, 0.25) is 0 Å². The third kappa shape index (κ3) is 4.83. The first-order valence-electron chi connectivity index (χ1n) is 12.4. The average molecular weight is 492 g/mol. The van der Waals surface area contributed by atoms with Crippen molar-refractivity contribution in [3.05, 3.63) is 95.6 Å². The molecule has 0 unspecified atom stereocenters. The van der Waals surface area contributed by atoms with E-state index in [-0.39, 0.29) is 5.91 Å². The van der Waals surface area contributed by atoms with Crippen LogP contribution in [0.3, 0.4) is 0 Å². The van der Waals surface area contributed by atoms with Crippen molar-refractivity contribution in [2.24, 2.45) is 0 Å². The Bertz CT molecular complexity index is 1620. The van der Waals surface area contributed by atoms with Gasteiger partial charge in [0, 0.05) is 29.8 Å². The predicted molar refractivity (Wildman–Crippen MR) is 148 cm³/mol. The Hall–Kier alpha value is -4.45. The second kappa shape index (κ2) is 10.3. The number of ether oxygens (including phenoxy) is 1. The van der Waals surface area contributed by atoms with E-state index in [1.165, 1.54) is 17.6 Å². The minimum Gasteiger partial charge on any atom is -0.465 e. The molecule has 0 aliphatic carbocycles. The Kier molecular flexibility index (Phi) is 6.73. The van der Waals surface area contributed by atoms with Crippen LogP contribution >= 0.6 is 0 Å². The number of nitrogens with zero attached hydrogens (tertiary/aromatic N) is 2. The zero-order valence-electron chi connectivity index (χ0n) is 21.2. The fourth-order valence-corrected chi connectivity index (χ4v) is 4.81. The second-order valence-corrected chi connectivity index (χ2v) is 9.23. The van der Waals surface area contributed by atoms with Crippen molar-refractivity contribution >= 4 is 39.4 Å². The molecule has 1 amide bonds. The number of hydrogen-bond donors (Lipinski definition) is 1. The third-order valence-electron chi connectivity index (χ3n) is 6.78. The lowest BCUT2D eigenvalue weighted by Gasteiger charge is -2.20. The quantitative estimate of drug-likeness (QED) is 0.265. The Balaban J connectivity index is 1.41. The van der Waals surface area contributed by atoms with Crippen LogP contribution in [0.25, 0.3) is 33.2 Å². The molecule has 0 atom stereocenters. The summed E-state index contributed by atoms with van der Waals surface area (Å²) >= 11 is 0. The number of hydrogen-bond acceptors (Lipinski definition) is 4. The molecule has 0 aliphatic heterocycles. The number of H-pyrrole nitrogens is 1. The molecular weight excluding hydrogens is 462 g/mol. The fourth-order valence-electron chi connectivity index (χ4n) is 4.81. The van der Waals surface area contributed by atoms with E-state index >= 15 is 0 Å². The van der Waals surface area contributed by atoms with Gasteiger partial charge in [0.05, 0.1) is 35.3 Å². The highest BCUT2D eigenvalue weighted by Crippen LogP contribution is 2.32. The molecule has 0 aliphatic rings. The molecule has 1 N–H and O–H groups in total. The average Bonchev–Trinajstić information content (AvgIpc) is 3.29. The molecule has 3 aromatic carbocycles. The number of rotatable bonds is 7. The lowest BCUT2D eigenvalue weighted by Crippen LogP contribution is -2.27. The molecule has 5 rings (SSSR count). The topological polar surface area (TPSA) is 75.3 Å². The van der Waals surface area contributed by atoms with Crippen LogP contribution in [0.15, 0.2) is 78.9 Å². The van der Waals surface area contributed by atoms with E-state index in [0.29, 0.717) is 30.5 Å². The van der Waals surface area contributed by atoms with Crippen LogP contribution in [0, 0.1) is 6.92 Å². The van der Waals surface area contributed by atoms with E-state index in [9.17, 15) is 9.59 Å². The maximum absolute atomic E-state index is 13.1. The maximum atomic E-state index is 13.1. The van der Waals surface area contributed by atoms with Crippen LogP contribution in [0.1, 0.15) is 34.3 Å². The molecular formula is C31H29N3O3. The minimum absolute atomic E-state index is 0.0576. The third-order valence-corrected chi connectivity index (χ3v) is 6.78. The van der Waals surface area contributed by atoms with E-state index in [1.807, 2.05) is 30.3 Å². The van der Waals surface area contributed by atoms with E-state index in [1.54, 1.807) is 25.2 Å². The van der Waals surface area contributed by atoms with Crippen LogP contribution in [-0.2, 0) is 16.0 Å². The molecule has 0 saturated carbocycles. The number of methoxy groups -OCH3 is 1.